The monoisotopic (exact) mass is 310 g/mol. The predicted octanol–water partition coefficient (Wildman–Crippen LogP) is 1.52. The van der Waals surface area contributed by atoms with Gasteiger partial charge in [0.05, 0.1) is 17.6 Å². The fourth-order valence-electron chi connectivity index (χ4n) is 2.81. The molecule has 2 atom stereocenters. The van der Waals surface area contributed by atoms with Crippen molar-refractivity contribution < 1.29 is 4.74 Å². The summed E-state index contributed by atoms with van der Waals surface area (Å²) in [4.78, 5) is 16.8. The van der Waals surface area contributed by atoms with Crippen LogP contribution in [0.15, 0.2) is 47.7 Å². The molecule has 1 aliphatic heterocycles. The van der Waals surface area contributed by atoms with Gasteiger partial charge in [-0.3, -0.25) is 14.4 Å². The van der Waals surface area contributed by atoms with E-state index in [0.717, 1.165) is 24.2 Å². The van der Waals surface area contributed by atoms with Gasteiger partial charge in [-0.1, -0.05) is 6.07 Å². The van der Waals surface area contributed by atoms with Crippen molar-refractivity contribution in [1.82, 2.24) is 19.7 Å². The number of pyridine rings is 1. The van der Waals surface area contributed by atoms with Crippen LogP contribution in [0.5, 0.6) is 5.75 Å². The van der Waals surface area contributed by atoms with Crippen molar-refractivity contribution in [3.05, 3.63) is 58.8 Å². The Kier molecular flexibility index (Phi) is 3.38. The standard InChI is InChI=1S/C17H18N4O2/c1-20-8-12(7-19-20)9-21-10-14(21)11-23-15-3-2-13-4-5-18-17(22)16(13)6-15/h2-8,14H,9-11H2,1H3,(H,18,22). The van der Waals surface area contributed by atoms with Gasteiger partial charge in [0.25, 0.3) is 5.56 Å². The summed E-state index contributed by atoms with van der Waals surface area (Å²) in [6, 6.07) is 7.95. The molecule has 1 saturated heterocycles. The van der Waals surface area contributed by atoms with Crippen molar-refractivity contribution in [3.63, 3.8) is 0 Å². The van der Waals surface area contributed by atoms with E-state index in [4.69, 9.17) is 4.74 Å². The lowest BCUT2D eigenvalue weighted by molar-refractivity contribution is 0.293. The van der Waals surface area contributed by atoms with Crippen molar-refractivity contribution in [2.24, 2.45) is 7.05 Å². The molecule has 1 aromatic carbocycles. The zero-order chi connectivity index (χ0) is 15.8. The van der Waals surface area contributed by atoms with Gasteiger partial charge in [0.2, 0.25) is 0 Å². The molecule has 0 bridgehead atoms. The van der Waals surface area contributed by atoms with Gasteiger partial charge in [0.15, 0.2) is 0 Å². The SMILES string of the molecule is Cn1cc(CN2CC2COc2ccc3cc[nH]c(=O)c3c2)cn1. The van der Waals surface area contributed by atoms with E-state index in [9.17, 15) is 4.79 Å². The summed E-state index contributed by atoms with van der Waals surface area (Å²) in [5.41, 5.74) is 1.13. The van der Waals surface area contributed by atoms with Crippen LogP contribution in [-0.2, 0) is 13.6 Å². The summed E-state index contributed by atoms with van der Waals surface area (Å²) in [6.45, 7) is 2.57. The summed E-state index contributed by atoms with van der Waals surface area (Å²) in [5, 5.41) is 5.76. The van der Waals surface area contributed by atoms with E-state index >= 15 is 0 Å². The maximum absolute atomic E-state index is 11.8. The fraction of sp³-hybridized carbons (Fsp3) is 0.294. The van der Waals surface area contributed by atoms with Crippen molar-refractivity contribution in [2.75, 3.05) is 13.2 Å². The van der Waals surface area contributed by atoms with Crippen LogP contribution in [0.2, 0.25) is 0 Å². The minimum atomic E-state index is -0.0856. The van der Waals surface area contributed by atoms with Crippen molar-refractivity contribution in [2.45, 2.75) is 12.6 Å². The molecule has 118 valence electrons. The lowest BCUT2D eigenvalue weighted by Gasteiger charge is -2.07. The molecule has 6 heteroatoms. The van der Waals surface area contributed by atoms with E-state index in [2.05, 4.69) is 15.0 Å². The highest BCUT2D eigenvalue weighted by Gasteiger charge is 2.34. The summed E-state index contributed by atoms with van der Waals surface area (Å²) in [6.07, 6.45) is 5.59. The summed E-state index contributed by atoms with van der Waals surface area (Å²) in [7, 11) is 1.92. The third kappa shape index (κ3) is 2.98. The minimum Gasteiger partial charge on any atom is -0.492 e. The molecule has 0 radical (unpaired) electrons. The van der Waals surface area contributed by atoms with Gasteiger partial charge in [0.1, 0.15) is 12.4 Å². The number of ether oxygens (including phenoxy) is 1. The molecule has 2 aromatic heterocycles. The molecule has 0 aliphatic carbocycles. The Hall–Kier alpha value is -2.60. The molecule has 3 heterocycles. The Labute approximate surface area is 133 Å². The number of hydrogen-bond donors (Lipinski definition) is 1. The van der Waals surface area contributed by atoms with E-state index in [1.54, 1.807) is 6.20 Å². The van der Waals surface area contributed by atoms with Gasteiger partial charge in [-0.05, 0) is 23.6 Å². The molecule has 1 aliphatic rings. The first-order chi connectivity index (χ1) is 11.2. The molecule has 3 aromatic rings. The molecule has 4 rings (SSSR count). The maximum atomic E-state index is 11.8. The predicted molar refractivity (Wildman–Crippen MR) is 87.5 cm³/mol. The highest BCUT2D eigenvalue weighted by Crippen LogP contribution is 2.23. The quantitative estimate of drug-likeness (QED) is 0.726. The number of fused-ring (bicyclic) bond motifs is 1. The summed E-state index contributed by atoms with van der Waals surface area (Å²) in [5.74, 6) is 0.738. The van der Waals surface area contributed by atoms with E-state index in [1.807, 2.05) is 48.4 Å². The van der Waals surface area contributed by atoms with Gasteiger partial charge in [-0.2, -0.15) is 5.10 Å². The van der Waals surface area contributed by atoms with E-state index in [0.29, 0.717) is 18.0 Å². The number of aromatic amines is 1. The van der Waals surface area contributed by atoms with Crippen LogP contribution in [0, 0.1) is 0 Å². The largest absolute Gasteiger partial charge is 0.492 e. The van der Waals surface area contributed by atoms with Gasteiger partial charge < -0.3 is 9.72 Å². The number of aromatic nitrogens is 3. The van der Waals surface area contributed by atoms with Crippen LogP contribution in [0.3, 0.4) is 0 Å². The van der Waals surface area contributed by atoms with Crippen LogP contribution in [-0.4, -0.2) is 38.9 Å². The van der Waals surface area contributed by atoms with Crippen molar-refractivity contribution in [1.29, 1.82) is 0 Å². The molecule has 0 amide bonds. The Balaban J connectivity index is 1.37. The van der Waals surface area contributed by atoms with Gasteiger partial charge in [-0.25, -0.2) is 0 Å². The number of rotatable bonds is 5. The lowest BCUT2D eigenvalue weighted by atomic mass is 10.2. The molecule has 23 heavy (non-hydrogen) atoms. The zero-order valence-electron chi connectivity index (χ0n) is 12.9. The van der Waals surface area contributed by atoms with E-state index < -0.39 is 0 Å². The van der Waals surface area contributed by atoms with Gasteiger partial charge in [0, 0.05) is 38.1 Å². The van der Waals surface area contributed by atoms with Crippen LogP contribution >= 0.6 is 0 Å². The summed E-state index contributed by atoms with van der Waals surface area (Å²) < 4.78 is 7.67. The Morgan fingerprint density at radius 3 is 3.13 bits per heavy atom. The average Bonchev–Trinajstić information content (AvgIpc) is 3.16. The number of aryl methyl sites for hydroxylation is 1. The average molecular weight is 310 g/mol. The number of H-pyrrole nitrogens is 1. The Bertz CT molecular complexity index is 899. The minimum absolute atomic E-state index is 0.0856. The summed E-state index contributed by atoms with van der Waals surface area (Å²) >= 11 is 0. The van der Waals surface area contributed by atoms with E-state index in [1.165, 1.54) is 5.56 Å². The molecular formula is C17H18N4O2. The molecule has 6 nitrogen and oxygen atoms in total. The number of nitrogens with zero attached hydrogens (tertiary/aromatic N) is 3. The fourth-order valence-corrected chi connectivity index (χ4v) is 2.81. The molecular weight excluding hydrogens is 292 g/mol. The normalized spacial score (nSPS) is 19.9. The molecule has 0 saturated carbocycles. The second-order valence-electron chi connectivity index (χ2n) is 5.97. The molecule has 2 unspecified atom stereocenters. The lowest BCUT2D eigenvalue weighted by Crippen LogP contribution is -2.11. The van der Waals surface area contributed by atoms with Crippen LogP contribution < -0.4 is 10.3 Å². The van der Waals surface area contributed by atoms with Crippen molar-refractivity contribution in [3.8, 4) is 5.75 Å². The van der Waals surface area contributed by atoms with Crippen molar-refractivity contribution >= 4 is 10.8 Å². The second kappa shape index (κ2) is 5.55. The first-order valence-electron chi connectivity index (χ1n) is 7.65. The topological polar surface area (TPSA) is 62.9 Å². The molecule has 1 N–H and O–H groups in total. The van der Waals surface area contributed by atoms with Crippen LogP contribution in [0.1, 0.15) is 5.56 Å². The number of hydrogen-bond acceptors (Lipinski definition) is 4. The maximum Gasteiger partial charge on any atom is 0.255 e. The third-order valence-electron chi connectivity index (χ3n) is 4.16. The van der Waals surface area contributed by atoms with E-state index in [-0.39, 0.29) is 5.56 Å². The van der Waals surface area contributed by atoms with Crippen LogP contribution in [0.25, 0.3) is 10.8 Å². The second-order valence-corrected chi connectivity index (χ2v) is 5.97. The Morgan fingerprint density at radius 2 is 2.30 bits per heavy atom. The highest BCUT2D eigenvalue weighted by molar-refractivity contribution is 5.82. The Morgan fingerprint density at radius 1 is 1.39 bits per heavy atom. The molecule has 1 fully saturated rings. The third-order valence-corrected chi connectivity index (χ3v) is 4.16. The number of benzene rings is 1. The van der Waals surface area contributed by atoms with Gasteiger partial charge in [-0.15, -0.1) is 0 Å². The zero-order valence-corrected chi connectivity index (χ0v) is 12.9. The first-order valence-corrected chi connectivity index (χ1v) is 7.65. The highest BCUT2D eigenvalue weighted by atomic mass is 16.5. The first kappa shape index (κ1) is 14.0. The smallest absolute Gasteiger partial charge is 0.255 e. The number of nitrogens with one attached hydrogen (secondary N) is 1. The van der Waals surface area contributed by atoms with Gasteiger partial charge >= 0.3 is 0 Å². The van der Waals surface area contributed by atoms with Crippen LogP contribution in [0.4, 0.5) is 0 Å². The molecule has 0 spiro atoms.